The Hall–Kier alpha value is -1.56. The molecule has 2 aliphatic heterocycles. The summed E-state index contributed by atoms with van der Waals surface area (Å²) in [5.74, 6) is 0.267. The van der Waals surface area contributed by atoms with Gasteiger partial charge in [-0.2, -0.15) is 5.10 Å². The number of nitrogens with zero attached hydrogens (tertiary/aromatic N) is 2. The van der Waals surface area contributed by atoms with Gasteiger partial charge < -0.3 is 14.4 Å². The number of amides is 1. The molecule has 122 valence electrons. The summed E-state index contributed by atoms with van der Waals surface area (Å²) >= 11 is 0. The number of ether oxygens (including phenoxy) is 2. The predicted octanol–water partition coefficient (Wildman–Crippen LogP) is 2.60. The lowest BCUT2D eigenvalue weighted by Gasteiger charge is -2.34. The van der Waals surface area contributed by atoms with Crippen LogP contribution in [0.3, 0.4) is 0 Å². The van der Waals surface area contributed by atoms with Crippen LogP contribution in [0.2, 0.25) is 0 Å². The highest BCUT2D eigenvalue weighted by atomic mass is 16.6. The first kappa shape index (κ1) is 15.3. The van der Waals surface area contributed by atoms with Crippen LogP contribution in [0.15, 0.2) is 0 Å². The lowest BCUT2D eigenvalue weighted by atomic mass is 9.91. The van der Waals surface area contributed by atoms with Crippen molar-refractivity contribution in [2.45, 2.75) is 58.2 Å². The number of H-pyrrole nitrogens is 1. The number of carbonyl (C=O) groups excluding carboxylic acids is 1. The van der Waals surface area contributed by atoms with Crippen molar-refractivity contribution in [3.05, 3.63) is 17.0 Å². The minimum atomic E-state index is -0.455. The summed E-state index contributed by atoms with van der Waals surface area (Å²) in [6, 6.07) is 0. The number of carbonyl (C=O) groups is 1. The first-order valence-electron chi connectivity index (χ1n) is 8.06. The maximum absolute atomic E-state index is 12.3. The third-order valence-electron chi connectivity index (χ3n) is 4.19. The second-order valence-electron chi connectivity index (χ2n) is 7.13. The Labute approximate surface area is 131 Å². The number of hydrogen-bond acceptors (Lipinski definition) is 4. The van der Waals surface area contributed by atoms with E-state index in [0.29, 0.717) is 13.2 Å². The van der Waals surface area contributed by atoms with Gasteiger partial charge >= 0.3 is 6.09 Å². The van der Waals surface area contributed by atoms with Crippen LogP contribution in [0, 0.1) is 0 Å². The maximum Gasteiger partial charge on any atom is 0.410 e. The van der Waals surface area contributed by atoms with Crippen molar-refractivity contribution in [2.24, 2.45) is 0 Å². The molecule has 1 amide bonds. The van der Waals surface area contributed by atoms with E-state index in [1.54, 1.807) is 0 Å². The molecular formula is C16H25N3O3. The van der Waals surface area contributed by atoms with E-state index in [9.17, 15) is 4.79 Å². The molecule has 1 fully saturated rings. The SMILES string of the molecule is CC(C)(C)OC(=O)N1CCCC(c2n[nH]c3c2COCC3)C1. The van der Waals surface area contributed by atoms with E-state index in [4.69, 9.17) is 9.47 Å². The third-order valence-corrected chi connectivity index (χ3v) is 4.19. The van der Waals surface area contributed by atoms with Gasteiger partial charge in [-0.25, -0.2) is 4.79 Å². The van der Waals surface area contributed by atoms with Crippen LogP contribution in [0.5, 0.6) is 0 Å². The van der Waals surface area contributed by atoms with Crippen LogP contribution < -0.4 is 0 Å². The molecule has 0 radical (unpaired) electrons. The Balaban J connectivity index is 1.71. The molecular weight excluding hydrogens is 282 g/mol. The van der Waals surface area contributed by atoms with E-state index < -0.39 is 5.60 Å². The second-order valence-corrected chi connectivity index (χ2v) is 7.13. The van der Waals surface area contributed by atoms with Crippen molar-refractivity contribution in [1.82, 2.24) is 15.1 Å². The van der Waals surface area contributed by atoms with Crippen LogP contribution in [0.4, 0.5) is 4.79 Å². The van der Waals surface area contributed by atoms with Gasteiger partial charge in [-0.05, 0) is 33.6 Å². The monoisotopic (exact) mass is 307 g/mol. The molecule has 22 heavy (non-hydrogen) atoms. The average molecular weight is 307 g/mol. The maximum atomic E-state index is 12.3. The number of fused-ring (bicyclic) bond motifs is 1. The fourth-order valence-corrected chi connectivity index (χ4v) is 3.16. The van der Waals surface area contributed by atoms with E-state index in [2.05, 4.69) is 10.2 Å². The summed E-state index contributed by atoms with van der Waals surface area (Å²) in [6.07, 6.45) is 2.70. The Bertz CT molecular complexity index is 547. The lowest BCUT2D eigenvalue weighted by molar-refractivity contribution is 0.0196. The number of likely N-dealkylation sites (tertiary alicyclic amines) is 1. The molecule has 2 aliphatic rings. The molecule has 1 atom stereocenters. The predicted molar refractivity (Wildman–Crippen MR) is 81.7 cm³/mol. The Kier molecular flexibility index (Phi) is 4.12. The molecule has 1 aromatic heterocycles. The van der Waals surface area contributed by atoms with Crippen LogP contribution >= 0.6 is 0 Å². The van der Waals surface area contributed by atoms with Gasteiger partial charge in [0.2, 0.25) is 0 Å². The number of nitrogens with one attached hydrogen (secondary N) is 1. The quantitative estimate of drug-likeness (QED) is 0.866. The summed E-state index contributed by atoms with van der Waals surface area (Å²) in [6.45, 7) is 8.50. The molecule has 1 aromatic rings. The van der Waals surface area contributed by atoms with Gasteiger partial charge in [0.25, 0.3) is 0 Å². The number of aromatic amines is 1. The molecule has 1 saturated heterocycles. The van der Waals surface area contributed by atoms with Gasteiger partial charge in [-0.15, -0.1) is 0 Å². The number of aromatic nitrogens is 2. The standard InChI is InChI=1S/C16H25N3O3/c1-16(2,3)22-15(20)19-7-4-5-11(9-19)14-12-10-21-8-6-13(12)17-18-14/h11H,4-10H2,1-3H3,(H,17,18). The molecule has 6 nitrogen and oxygen atoms in total. The van der Waals surface area contributed by atoms with Gasteiger partial charge in [0, 0.05) is 36.7 Å². The molecule has 0 bridgehead atoms. The van der Waals surface area contributed by atoms with E-state index >= 15 is 0 Å². The zero-order valence-electron chi connectivity index (χ0n) is 13.6. The van der Waals surface area contributed by atoms with E-state index in [0.717, 1.165) is 38.1 Å². The van der Waals surface area contributed by atoms with Crippen LogP contribution in [0.25, 0.3) is 0 Å². The summed E-state index contributed by atoms with van der Waals surface area (Å²) in [5.41, 5.74) is 3.00. The van der Waals surface area contributed by atoms with Gasteiger partial charge in [-0.3, -0.25) is 5.10 Å². The van der Waals surface area contributed by atoms with E-state index in [-0.39, 0.29) is 12.0 Å². The van der Waals surface area contributed by atoms with Crippen molar-refractivity contribution in [2.75, 3.05) is 19.7 Å². The van der Waals surface area contributed by atoms with Crippen LogP contribution in [-0.4, -0.2) is 46.5 Å². The molecule has 3 rings (SSSR count). The molecule has 6 heteroatoms. The van der Waals surface area contributed by atoms with Crippen LogP contribution in [-0.2, 0) is 22.5 Å². The van der Waals surface area contributed by atoms with Gasteiger partial charge in [0.05, 0.1) is 18.9 Å². The van der Waals surface area contributed by atoms with Crippen molar-refractivity contribution >= 4 is 6.09 Å². The van der Waals surface area contributed by atoms with Gasteiger partial charge in [0.1, 0.15) is 5.60 Å². The lowest BCUT2D eigenvalue weighted by Crippen LogP contribution is -2.42. The molecule has 1 unspecified atom stereocenters. The molecule has 3 heterocycles. The van der Waals surface area contributed by atoms with E-state index in [1.807, 2.05) is 25.7 Å². The van der Waals surface area contributed by atoms with Crippen molar-refractivity contribution in [3.8, 4) is 0 Å². The second kappa shape index (κ2) is 5.91. The molecule has 0 spiro atoms. The van der Waals surface area contributed by atoms with Crippen molar-refractivity contribution < 1.29 is 14.3 Å². The summed E-state index contributed by atoms with van der Waals surface area (Å²) in [7, 11) is 0. The number of piperidine rings is 1. The third kappa shape index (κ3) is 3.27. The summed E-state index contributed by atoms with van der Waals surface area (Å²) in [4.78, 5) is 14.1. The first-order chi connectivity index (χ1) is 10.4. The average Bonchev–Trinajstić information content (AvgIpc) is 2.89. The first-order valence-corrected chi connectivity index (χ1v) is 8.06. The van der Waals surface area contributed by atoms with Crippen molar-refractivity contribution in [1.29, 1.82) is 0 Å². The topological polar surface area (TPSA) is 67.5 Å². The number of rotatable bonds is 1. The molecule has 0 saturated carbocycles. The Morgan fingerprint density at radius 3 is 3.05 bits per heavy atom. The highest BCUT2D eigenvalue weighted by Crippen LogP contribution is 2.31. The van der Waals surface area contributed by atoms with Gasteiger partial charge in [0.15, 0.2) is 0 Å². The fraction of sp³-hybridized carbons (Fsp3) is 0.750. The zero-order valence-corrected chi connectivity index (χ0v) is 13.6. The minimum Gasteiger partial charge on any atom is -0.444 e. The highest BCUT2D eigenvalue weighted by molar-refractivity contribution is 5.68. The number of hydrogen-bond donors (Lipinski definition) is 1. The smallest absolute Gasteiger partial charge is 0.410 e. The molecule has 1 N–H and O–H groups in total. The normalized spacial score (nSPS) is 22.3. The fourth-order valence-electron chi connectivity index (χ4n) is 3.16. The summed E-state index contributed by atoms with van der Waals surface area (Å²) in [5, 5.41) is 7.65. The van der Waals surface area contributed by atoms with Crippen LogP contribution in [0.1, 0.15) is 56.5 Å². The van der Waals surface area contributed by atoms with Gasteiger partial charge in [-0.1, -0.05) is 0 Å². The zero-order chi connectivity index (χ0) is 15.7. The minimum absolute atomic E-state index is 0.224. The molecule has 0 aromatic carbocycles. The molecule has 0 aliphatic carbocycles. The summed E-state index contributed by atoms with van der Waals surface area (Å²) < 4.78 is 11.1. The largest absolute Gasteiger partial charge is 0.444 e. The van der Waals surface area contributed by atoms with E-state index in [1.165, 1.54) is 11.3 Å². The van der Waals surface area contributed by atoms with Crippen molar-refractivity contribution in [3.63, 3.8) is 0 Å². The highest BCUT2D eigenvalue weighted by Gasteiger charge is 2.31. The Morgan fingerprint density at radius 2 is 2.27 bits per heavy atom. The Morgan fingerprint density at radius 1 is 1.45 bits per heavy atom.